The lowest BCUT2D eigenvalue weighted by molar-refractivity contribution is 0.614. The third-order valence-electron chi connectivity index (χ3n) is 3.77. The molecule has 20 heavy (non-hydrogen) atoms. The summed E-state index contributed by atoms with van der Waals surface area (Å²) in [7, 11) is 0. The van der Waals surface area contributed by atoms with Gasteiger partial charge in [-0.2, -0.15) is 0 Å². The Labute approximate surface area is 122 Å². The summed E-state index contributed by atoms with van der Waals surface area (Å²) in [5, 5.41) is 6.80. The molecule has 98 valence electrons. The van der Waals surface area contributed by atoms with E-state index in [1.165, 1.54) is 22.3 Å². The lowest BCUT2D eigenvalue weighted by Gasteiger charge is -2.14. The summed E-state index contributed by atoms with van der Waals surface area (Å²) in [6.45, 7) is 0.811. The van der Waals surface area contributed by atoms with Gasteiger partial charge in [0.1, 0.15) is 5.01 Å². The normalized spacial score (nSPS) is 13.2. The second kappa shape index (κ2) is 4.85. The summed E-state index contributed by atoms with van der Waals surface area (Å²) < 4.78 is 0. The zero-order valence-corrected chi connectivity index (χ0v) is 11.7. The van der Waals surface area contributed by atoms with Crippen molar-refractivity contribution in [1.29, 1.82) is 0 Å². The van der Waals surface area contributed by atoms with Crippen LogP contribution in [0.4, 0.5) is 0 Å². The summed E-state index contributed by atoms with van der Waals surface area (Å²) in [6, 6.07) is 17.6. The zero-order valence-electron chi connectivity index (χ0n) is 10.9. The van der Waals surface area contributed by atoms with Gasteiger partial charge >= 0.3 is 0 Å². The van der Waals surface area contributed by atoms with Gasteiger partial charge in [0.2, 0.25) is 0 Å². The largest absolute Gasteiger partial charge is 0.300 e. The number of rotatable bonds is 3. The Balaban J connectivity index is 1.72. The maximum Gasteiger partial charge on any atom is 0.106 e. The first-order chi connectivity index (χ1) is 9.93. The van der Waals surface area contributed by atoms with Gasteiger partial charge in [0.05, 0.1) is 6.04 Å². The predicted octanol–water partition coefficient (Wildman–Crippen LogP) is 4.00. The molecular weight excluding hydrogens is 264 g/mol. The molecule has 0 saturated carbocycles. The van der Waals surface area contributed by atoms with Crippen molar-refractivity contribution in [1.82, 2.24) is 10.3 Å². The van der Waals surface area contributed by atoms with E-state index in [9.17, 15) is 0 Å². The number of benzene rings is 2. The molecule has 0 radical (unpaired) electrons. The average molecular weight is 278 g/mol. The maximum atomic E-state index is 4.35. The summed E-state index contributed by atoms with van der Waals surface area (Å²) in [5.74, 6) is 0. The number of hydrogen-bond donors (Lipinski definition) is 1. The number of nitrogens with zero attached hydrogens (tertiary/aromatic N) is 1. The summed E-state index contributed by atoms with van der Waals surface area (Å²) >= 11 is 1.70. The first-order valence-corrected chi connectivity index (χ1v) is 7.61. The van der Waals surface area contributed by atoms with Gasteiger partial charge in [0, 0.05) is 18.1 Å². The Bertz CT molecular complexity index is 689. The van der Waals surface area contributed by atoms with Gasteiger partial charge in [-0.05, 0) is 22.3 Å². The molecule has 3 aromatic rings. The van der Waals surface area contributed by atoms with Gasteiger partial charge in [-0.1, -0.05) is 48.5 Å². The van der Waals surface area contributed by atoms with Crippen molar-refractivity contribution in [3.05, 3.63) is 76.2 Å². The number of thiazole rings is 1. The van der Waals surface area contributed by atoms with Crippen molar-refractivity contribution in [3.63, 3.8) is 0 Å². The van der Waals surface area contributed by atoms with Gasteiger partial charge in [-0.15, -0.1) is 11.3 Å². The van der Waals surface area contributed by atoms with Crippen LogP contribution in [0.2, 0.25) is 0 Å². The van der Waals surface area contributed by atoms with Crippen molar-refractivity contribution in [2.24, 2.45) is 0 Å². The highest BCUT2D eigenvalue weighted by molar-refractivity contribution is 7.09. The molecule has 0 atom stereocenters. The molecule has 0 spiro atoms. The maximum absolute atomic E-state index is 4.35. The van der Waals surface area contributed by atoms with Crippen molar-refractivity contribution in [2.45, 2.75) is 12.6 Å². The molecule has 1 heterocycles. The Morgan fingerprint density at radius 1 is 0.950 bits per heavy atom. The van der Waals surface area contributed by atoms with Gasteiger partial charge in [0.25, 0.3) is 0 Å². The molecule has 0 aliphatic heterocycles. The van der Waals surface area contributed by atoms with E-state index >= 15 is 0 Å². The van der Waals surface area contributed by atoms with E-state index in [0.717, 1.165) is 11.6 Å². The molecule has 1 aromatic heterocycles. The second-order valence-corrected chi connectivity index (χ2v) is 5.89. The third kappa shape index (κ3) is 1.87. The smallest absolute Gasteiger partial charge is 0.106 e. The molecule has 3 heteroatoms. The molecule has 1 aliphatic carbocycles. The fourth-order valence-electron chi connectivity index (χ4n) is 2.91. The van der Waals surface area contributed by atoms with Crippen LogP contribution in [0.5, 0.6) is 0 Å². The van der Waals surface area contributed by atoms with Crippen LogP contribution in [-0.4, -0.2) is 4.98 Å². The summed E-state index contributed by atoms with van der Waals surface area (Å²) in [5.41, 5.74) is 5.43. The van der Waals surface area contributed by atoms with Crippen LogP contribution in [0, 0.1) is 0 Å². The first kappa shape index (κ1) is 11.8. The first-order valence-electron chi connectivity index (χ1n) is 6.73. The molecule has 4 rings (SSSR count). The molecule has 2 nitrogen and oxygen atoms in total. The van der Waals surface area contributed by atoms with Crippen molar-refractivity contribution < 1.29 is 0 Å². The van der Waals surface area contributed by atoms with Gasteiger partial charge in [-0.3, -0.25) is 5.32 Å². The molecule has 0 unspecified atom stereocenters. The molecule has 0 saturated heterocycles. The predicted molar refractivity (Wildman–Crippen MR) is 82.7 cm³/mol. The van der Waals surface area contributed by atoms with Crippen LogP contribution < -0.4 is 5.32 Å². The third-order valence-corrected chi connectivity index (χ3v) is 4.55. The summed E-state index contributed by atoms with van der Waals surface area (Å²) in [6.07, 6.45) is 1.86. The molecule has 0 fully saturated rings. The molecular formula is C17H14N2S. The SMILES string of the molecule is c1ccc2c(c1)-c1ccccc1C2NCc1nccs1. The van der Waals surface area contributed by atoms with Crippen LogP contribution in [0.3, 0.4) is 0 Å². The molecule has 2 aromatic carbocycles. The van der Waals surface area contributed by atoms with Crippen molar-refractivity contribution in [2.75, 3.05) is 0 Å². The van der Waals surface area contributed by atoms with Crippen LogP contribution in [0.1, 0.15) is 22.2 Å². The number of hydrogen-bond acceptors (Lipinski definition) is 3. The number of nitrogens with one attached hydrogen (secondary N) is 1. The van der Waals surface area contributed by atoms with E-state index < -0.39 is 0 Å². The Hall–Kier alpha value is -1.97. The number of aromatic nitrogens is 1. The van der Waals surface area contributed by atoms with Crippen molar-refractivity contribution >= 4 is 11.3 Å². The van der Waals surface area contributed by atoms with E-state index in [4.69, 9.17) is 0 Å². The fraction of sp³-hybridized carbons (Fsp3) is 0.118. The van der Waals surface area contributed by atoms with Gasteiger partial charge in [0.15, 0.2) is 0 Å². The van der Waals surface area contributed by atoms with E-state index in [1.807, 2.05) is 11.6 Å². The van der Waals surface area contributed by atoms with Crippen LogP contribution in [0.25, 0.3) is 11.1 Å². The second-order valence-electron chi connectivity index (χ2n) is 4.91. The van der Waals surface area contributed by atoms with E-state index in [-0.39, 0.29) is 6.04 Å². The fourth-order valence-corrected chi connectivity index (χ4v) is 3.47. The van der Waals surface area contributed by atoms with Crippen LogP contribution >= 0.6 is 11.3 Å². The lowest BCUT2D eigenvalue weighted by atomic mass is 10.1. The highest BCUT2D eigenvalue weighted by atomic mass is 32.1. The van der Waals surface area contributed by atoms with E-state index in [0.29, 0.717) is 0 Å². The van der Waals surface area contributed by atoms with E-state index in [2.05, 4.69) is 58.8 Å². The zero-order chi connectivity index (χ0) is 13.4. The topological polar surface area (TPSA) is 24.9 Å². The molecule has 1 aliphatic rings. The van der Waals surface area contributed by atoms with Gasteiger partial charge < -0.3 is 0 Å². The van der Waals surface area contributed by atoms with Crippen LogP contribution in [0.15, 0.2) is 60.1 Å². The minimum atomic E-state index is 0.270. The van der Waals surface area contributed by atoms with Gasteiger partial charge in [-0.25, -0.2) is 4.98 Å². The molecule has 1 N–H and O–H groups in total. The molecule has 0 bridgehead atoms. The lowest BCUT2D eigenvalue weighted by Crippen LogP contribution is -2.19. The molecule has 0 amide bonds. The number of fused-ring (bicyclic) bond motifs is 3. The van der Waals surface area contributed by atoms with Crippen LogP contribution in [-0.2, 0) is 6.54 Å². The van der Waals surface area contributed by atoms with E-state index in [1.54, 1.807) is 11.3 Å². The van der Waals surface area contributed by atoms with Crippen molar-refractivity contribution in [3.8, 4) is 11.1 Å². The summed E-state index contributed by atoms with van der Waals surface area (Å²) in [4.78, 5) is 4.35. The minimum Gasteiger partial charge on any atom is -0.300 e. The highest BCUT2D eigenvalue weighted by Gasteiger charge is 2.27. The minimum absolute atomic E-state index is 0.270. The highest BCUT2D eigenvalue weighted by Crippen LogP contribution is 2.43. The Kier molecular flexibility index (Phi) is 2.87. The Morgan fingerprint density at radius 3 is 2.20 bits per heavy atom. The quantitative estimate of drug-likeness (QED) is 0.783. The Morgan fingerprint density at radius 2 is 1.60 bits per heavy atom. The average Bonchev–Trinajstić information content (AvgIpc) is 3.11. The standard InChI is InChI=1S/C17H14N2S/c1-3-7-14-12(5-1)13-6-2-4-8-15(13)17(14)19-11-16-18-9-10-20-16/h1-10,17,19H,11H2. The monoisotopic (exact) mass is 278 g/mol.